The minimum absolute atomic E-state index is 0.0226. The summed E-state index contributed by atoms with van der Waals surface area (Å²) in [5.41, 5.74) is 0. The highest BCUT2D eigenvalue weighted by Gasteiger charge is 2.15. The number of hydrogen-bond acceptors (Lipinski definition) is 2. The molecule has 2 amide bonds. The van der Waals surface area contributed by atoms with Crippen LogP contribution in [-0.4, -0.2) is 19.4 Å². The molecule has 0 aliphatic heterocycles. The van der Waals surface area contributed by atoms with Gasteiger partial charge in [-0.25, -0.2) is 0 Å². The lowest BCUT2D eigenvalue weighted by molar-refractivity contribution is -0.123. The largest absolute Gasteiger partial charge is 0.383 e. The molecule has 0 rings (SSSR count). The average molecular weight is 268 g/mol. The van der Waals surface area contributed by atoms with Gasteiger partial charge in [0.1, 0.15) is 0 Å². The Morgan fingerprint density at radius 1 is 0.895 bits per heavy atom. The summed E-state index contributed by atoms with van der Waals surface area (Å²) in [5.74, 6) is 0.0913. The molecule has 0 aliphatic carbocycles. The minimum Gasteiger partial charge on any atom is -0.383 e. The molecule has 110 valence electrons. The molecule has 5 heteroatoms. The molecule has 0 radical (unpaired) electrons. The van der Waals surface area contributed by atoms with Gasteiger partial charge in [0, 0.05) is 11.8 Å². The van der Waals surface area contributed by atoms with Crippen LogP contribution in [-0.2, 0) is 9.59 Å². The van der Waals surface area contributed by atoms with Crippen molar-refractivity contribution in [2.24, 2.45) is 11.8 Å². The van der Waals surface area contributed by atoms with Crippen LogP contribution < -0.4 is 10.5 Å². The van der Waals surface area contributed by atoms with Gasteiger partial charge in [-0.05, 0) is 12.8 Å². The van der Waals surface area contributed by atoms with Gasteiger partial charge in [-0.15, -0.1) is 0 Å². The van der Waals surface area contributed by atoms with Crippen LogP contribution in [0.2, 0.25) is 0 Å². The van der Waals surface area contributed by atoms with E-state index in [4.69, 9.17) is 0 Å². The van der Waals surface area contributed by atoms with Crippen molar-refractivity contribution in [3.8, 4) is 0 Å². The highest BCUT2D eigenvalue weighted by atomic mass is 16.2. The molecule has 2 atom stereocenters. The van der Waals surface area contributed by atoms with Crippen LogP contribution in [0.3, 0.4) is 0 Å². The van der Waals surface area contributed by atoms with Crippen LogP contribution in [0.5, 0.6) is 0 Å². The summed E-state index contributed by atoms with van der Waals surface area (Å²) in [7, 11) is 0.241. The normalized spacial score (nSPS) is 13.5. The van der Waals surface area contributed by atoms with Gasteiger partial charge in [-0.2, -0.15) is 0 Å². The Morgan fingerprint density at radius 2 is 1.26 bits per heavy atom. The van der Waals surface area contributed by atoms with Gasteiger partial charge < -0.3 is 10.5 Å². The Morgan fingerprint density at radius 3 is 1.58 bits per heavy atom. The number of nitrogens with one attached hydrogen (secondary N) is 2. The molecule has 0 aromatic heterocycles. The molecule has 0 aromatic rings. The van der Waals surface area contributed by atoms with E-state index in [2.05, 4.69) is 24.3 Å². The van der Waals surface area contributed by atoms with Crippen molar-refractivity contribution in [3.05, 3.63) is 0 Å². The fourth-order valence-corrected chi connectivity index (χ4v) is 1.85. The first-order valence-electron chi connectivity index (χ1n) is 7.58. The molecule has 2 N–H and O–H groups in total. The highest BCUT2D eigenvalue weighted by molar-refractivity contribution is 6.38. The Hall–Kier alpha value is -0.995. The van der Waals surface area contributed by atoms with Crippen LogP contribution in [0.25, 0.3) is 0 Å². The number of carbonyl (C=O) groups is 2. The standard InChI is InChI=1S/C14H29BN2O2/c1-5-7-9-11(3)13(18)16-15-17-14(19)12(4)10-8-6-2/h11-12,15H,5-10H2,1-4H3,(H,16,18)(H,17,19). The zero-order chi connectivity index (χ0) is 14.7. The fraction of sp³-hybridized carbons (Fsp3) is 0.857. The predicted octanol–water partition coefficient (Wildman–Crippen LogP) is 2.14. The van der Waals surface area contributed by atoms with Gasteiger partial charge in [0.05, 0.1) is 0 Å². The maximum absolute atomic E-state index is 11.7. The van der Waals surface area contributed by atoms with E-state index in [0.717, 1.165) is 38.5 Å². The van der Waals surface area contributed by atoms with E-state index >= 15 is 0 Å². The lowest BCUT2D eigenvalue weighted by atomic mass is 9.99. The number of carbonyl (C=O) groups excluding carboxylic acids is 2. The molecule has 0 aromatic carbocycles. The van der Waals surface area contributed by atoms with Gasteiger partial charge >= 0.3 is 7.55 Å². The summed E-state index contributed by atoms with van der Waals surface area (Å²) < 4.78 is 0. The van der Waals surface area contributed by atoms with Gasteiger partial charge in [-0.3, -0.25) is 9.59 Å². The number of rotatable bonds is 10. The van der Waals surface area contributed by atoms with Gasteiger partial charge in [0.2, 0.25) is 11.8 Å². The monoisotopic (exact) mass is 268 g/mol. The molecule has 0 saturated carbocycles. The lowest BCUT2D eigenvalue weighted by Gasteiger charge is -2.13. The van der Waals surface area contributed by atoms with Crippen LogP contribution >= 0.6 is 0 Å². The molecule has 0 fully saturated rings. The molecule has 0 heterocycles. The Balaban J connectivity index is 3.77. The second kappa shape index (κ2) is 10.9. The third-order valence-corrected chi connectivity index (χ3v) is 3.40. The SMILES string of the molecule is CCCCC(C)C(=O)NBNC(=O)C(C)CCCC. The van der Waals surface area contributed by atoms with Crippen molar-refractivity contribution in [1.82, 2.24) is 10.5 Å². The third kappa shape index (κ3) is 8.68. The number of amides is 2. The minimum atomic E-state index is 0.0226. The highest BCUT2D eigenvalue weighted by Crippen LogP contribution is 2.08. The van der Waals surface area contributed by atoms with Crippen molar-refractivity contribution in [3.63, 3.8) is 0 Å². The zero-order valence-electron chi connectivity index (χ0n) is 12.9. The predicted molar refractivity (Wildman–Crippen MR) is 80.8 cm³/mol. The molecule has 0 bridgehead atoms. The van der Waals surface area contributed by atoms with Gasteiger partial charge in [-0.1, -0.05) is 53.4 Å². The maximum atomic E-state index is 11.7. The van der Waals surface area contributed by atoms with Crippen molar-refractivity contribution in [1.29, 1.82) is 0 Å². The number of hydrogen-bond donors (Lipinski definition) is 2. The maximum Gasteiger partial charge on any atom is 0.355 e. The smallest absolute Gasteiger partial charge is 0.355 e. The lowest BCUT2D eigenvalue weighted by Crippen LogP contribution is -2.44. The average Bonchev–Trinajstić information content (AvgIpc) is 2.41. The molecular weight excluding hydrogens is 239 g/mol. The van der Waals surface area contributed by atoms with Crippen molar-refractivity contribution < 1.29 is 9.59 Å². The second-order valence-corrected chi connectivity index (χ2v) is 5.35. The van der Waals surface area contributed by atoms with Crippen molar-refractivity contribution in [2.75, 3.05) is 0 Å². The molecule has 19 heavy (non-hydrogen) atoms. The Bertz CT molecular complexity index is 246. The van der Waals surface area contributed by atoms with E-state index in [-0.39, 0.29) is 31.2 Å². The molecule has 4 nitrogen and oxygen atoms in total. The van der Waals surface area contributed by atoms with Crippen LogP contribution in [0.1, 0.15) is 66.2 Å². The van der Waals surface area contributed by atoms with Crippen molar-refractivity contribution >= 4 is 19.4 Å². The third-order valence-electron chi connectivity index (χ3n) is 3.40. The Labute approximate surface area is 118 Å². The first kappa shape index (κ1) is 18.0. The van der Waals surface area contributed by atoms with E-state index in [1.165, 1.54) is 0 Å². The topological polar surface area (TPSA) is 58.2 Å². The molecule has 2 unspecified atom stereocenters. The molecular formula is C14H29BN2O2. The second-order valence-electron chi connectivity index (χ2n) is 5.35. The van der Waals surface area contributed by atoms with Gasteiger partial charge in [0.15, 0.2) is 0 Å². The summed E-state index contributed by atoms with van der Waals surface area (Å²) in [6.07, 6.45) is 6.14. The van der Waals surface area contributed by atoms with E-state index in [1.54, 1.807) is 0 Å². The molecule has 0 spiro atoms. The summed E-state index contributed by atoms with van der Waals surface area (Å²) in [5, 5.41) is 5.52. The van der Waals surface area contributed by atoms with Gasteiger partial charge in [0.25, 0.3) is 0 Å². The summed E-state index contributed by atoms with van der Waals surface area (Å²) in [4.78, 5) is 23.4. The number of unbranched alkanes of at least 4 members (excludes halogenated alkanes) is 2. The quantitative estimate of drug-likeness (QED) is 0.596. The van der Waals surface area contributed by atoms with E-state index < -0.39 is 0 Å². The summed E-state index contributed by atoms with van der Waals surface area (Å²) >= 11 is 0. The first-order valence-corrected chi connectivity index (χ1v) is 7.58. The first-order chi connectivity index (χ1) is 9.02. The fourth-order valence-electron chi connectivity index (χ4n) is 1.85. The van der Waals surface area contributed by atoms with Crippen LogP contribution in [0, 0.1) is 11.8 Å². The Kier molecular flexibility index (Phi) is 10.3. The summed E-state index contributed by atoms with van der Waals surface area (Å²) in [6.45, 7) is 8.08. The molecule has 0 saturated heterocycles. The van der Waals surface area contributed by atoms with E-state index in [1.807, 2.05) is 13.8 Å². The van der Waals surface area contributed by atoms with Crippen molar-refractivity contribution in [2.45, 2.75) is 66.2 Å². The van der Waals surface area contributed by atoms with Crippen LogP contribution in [0.4, 0.5) is 0 Å². The molecule has 0 aliphatic rings. The van der Waals surface area contributed by atoms with E-state index in [0.29, 0.717) is 0 Å². The van der Waals surface area contributed by atoms with Crippen LogP contribution in [0.15, 0.2) is 0 Å². The summed E-state index contributed by atoms with van der Waals surface area (Å²) in [6, 6.07) is 0. The zero-order valence-corrected chi connectivity index (χ0v) is 12.9. The van der Waals surface area contributed by atoms with E-state index in [9.17, 15) is 9.59 Å².